The Hall–Kier alpha value is -7.03. The van der Waals surface area contributed by atoms with Gasteiger partial charge in [-0.2, -0.15) is 0 Å². The van der Waals surface area contributed by atoms with Crippen molar-refractivity contribution in [1.82, 2.24) is 39.6 Å². The summed E-state index contributed by atoms with van der Waals surface area (Å²) in [7, 11) is -1.64. The first-order chi connectivity index (χ1) is 39.7. The normalized spacial score (nSPS) is 22.0. The number of carbonyl (C=O) groups excluding carboxylic acids is 6. The van der Waals surface area contributed by atoms with Crippen molar-refractivity contribution in [3.63, 3.8) is 0 Å². The Balaban J connectivity index is 0.848. The Labute approximate surface area is 485 Å². The Bertz CT molecular complexity index is 3520. The zero-order valence-electron chi connectivity index (χ0n) is 47.6. The summed E-state index contributed by atoms with van der Waals surface area (Å²) < 4.78 is 51.6. The number of likely N-dealkylation sites (tertiary alicyclic amines) is 2. The third kappa shape index (κ3) is 12.7. The molecule has 0 aliphatic carbocycles. The molecule has 6 aromatic rings. The number of rotatable bonds is 17. The first-order valence-electron chi connectivity index (χ1n) is 28.4. The third-order valence-corrected chi connectivity index (χ3v) is 19.9. The molecule has 4 aromatic carbocycles. The largest absolute Gasteiger partial charge is 0.468 e. The van der Waals surface area contributed by atoms with E-state index in [0.717, 1.165) is 54.8 Å². The van der Waals surface area contributed by atoms with Gasteiger partial charge in [-0.05, 0) is 134 Å². The van der Waals surface area contributed by atoms with Gasteiger partial charge in [0.1, 0.15) is 36.0 Å². The van der Waals surface area contributed by atoms with E-state index in [9.17, 15) is 28.5 Å². The van der Waals surface area contributed by atoms with E-state index in [2.05, 4.69) is 20.6 Å². The van der Waals surface area contributed by atoms with Crippen LogP contribution in [0.5, 0.6) is 5.75 Å². The molecule has 440 valence electrons. The van der Waals surface area contributed by atoms with Gasteiger partial charge in [0.05, 0.1) is 36.2 Å². The number of para-hydroxylation sites is 1. The van der Waals surface area contributed by atoms with Crippen LogP contribution >= 0.6 is 18.9 Å². The highest BCUT2D eigenvalue weighted by Crippen LogP contribution is 2.58. The third-order valence-electron chi connectivity index (χ3n) is 16.7. The molecule has 8 atom stereocenters. The maximum atomic E-state index is 16.7. The Morgan fingerprint density at radius 3 is 2.30 bits per heavy atom. The van der Waals surface area contributed by atoms with E-state index in [0.29, 0.717) is 60.3 Å². The fourth-order valence-electron chi connectivity index (χ4n) is 12.2. The maximum Gasteiger partial charge on any atom is 0.355 e. The molecule has 2 aromatic heterocycles. The number of piperidine rings is 2. The van der Waals surface area contributed by atoms with Crippen molar-refractivity contribution >= 4 is 75.5 Å². The molecular weight excluding hydrogens is 1100 g/mol. The molecule has 4 saturated heterocycles. The molecule has 5 amide bonds. The van der Waals surface area contributed by atoms with Crippen LogP contribution in [0.4, 0.5) is 4.39 Å². The summed E-state index contributed by atoms with van der Waals surface area (Å²) in [5.41, 5.74) is 2.19. The van der Waals surface area contributed by atoms with Gasteiger partial charge in [0.2, 0.25) is 29.5 Å². The van der Waals surface area contributed by atoms with Gasteiger partial charge in [-0.25, -0.2) is 14.3 Å². The number of alkyl halides is 1. The lowest BCUT2D eigenvalue weighted by atomic mass is 9.82. The number of thiophene rings is 1. The van der Waals surface area contributed by atoms with Crippen molar-refractivity contribution in [1.29, 1.82) is 0 Å². The number of aromatic nitrogens is 2. The molecule has 22 heteroatoms. The van der Waals surface area contributed by atoms with E-state index in [1.807, 2.05) is 74.2 Å². The van der Waals surface area contributed by atoms with Crippen LogP contribution in [-0.2, 0) is 51.6 Å². The van der Waals surface area contributed by atoms with E-state index in [-0.39, 0.29) is 70.4 Å². The van der Waals surface area contributed by atoms with Crippen LogP contribution in [0.3, 0.4) is 0 Å². The number of nitrogens with zero attached hydrogens (tertiary/aromatic N) is 5. The summed E-state index contributed by atoms with van der Waals surface area (Å²) in [5, 5.41) is 8.45. The average Bonchev–Trinajstić information content (AvgIpc) is 4.31. The molecule has 19 nitrogen and oxygen atoms in total. The van der Waals surface area contributed by atoms with Crippen LogP contribution in [0.1, 0.15) is 111 Å². The van der Waals surface area contributed by atoms with Crippen molar-refractivity contribution in [2.75, 3.05) is 46.4 Å². The topological polar surface area (TPSA) is 220 Å². The molecule has 6 heterocycles. The number of ether oxygens (including phenoxy) is 2. The number of imidazole rings is 1. The number of nitrogens with one attached hydrogen (secondary N) is 3. The van der Waals surface area contributed by atoms with E-state index in [4.69, 9.17) is 14.0 Å². The summed E-state index contributed by atoms with van der Waals surface area (Å²) in [6, 6.07) is 26.1. The summed E-state index contributed by atoms with van der Waals surface area (Å²) in [6.45, 7) is 10.6. The first-order valence-corrected chi connectivity index (χ1v) is 30.9. The van der Waals surface area contributed by atoms with Crippen LogP contribution in [0.2, 0.25) is 0 Å². The van der Waals surface area contributed by atoms with Gasteiger partial charge >= 0.3 is 19.2 Å². The van der Waals surface area contributed by atoms with Crippen molar-refractivity contribution in [2.45, 2.75) is 109 Å². The molecule has 4 fully saturated rings. The number of imide groups is 1. The van der Waals surface area contributed by atoms with Gasteiger partial charge in [0, 0.05) is 37.8 Å². The lowest BCUT2D eigenvalue weighted by Crippen LogP contribution is -2.59. The molecular formula is C61H72FN8O11PS. The second-order valence-corrected chi connectivity index (χ2v) is 26.6. The van der Waals surface area contributed by atoms with E-state index in [1.165, 1.54) is 42.9 Å². The van der Waals surface area contributed by atoms with Crippen LogP contribution in [0, 0.1) is 17.3 Å². The quantitative estimate of drug-likeness (QED) is 0.0446. The summed E-state index contributed by atoms with van der Waals surface area (Å²) >= 11 is 1.15. The highest BCUT2D eigenvalue weighted by molar-refractivity contribution is 7.57. The second-order valence-electron chi connectivity index (χ2n) is 23.4. The highest BCUT2D eigenvalue weighted by atomic mass is 32.1. The van der Waals surface area contributed by atoms with E-state index >= 15 is 14.0 Å². The number of hydrogen-bond donors (Lipinski definition) is 3. The molecule has 10 rings (SSSR count). The van der Waals surface area contributed by atoms with Crippen molar-refractivity contribution in [2.24, 2.45) is 24.3 Å². The van der Waals surface area contributed by atoms with Crippen molar-refractivity contribution < 1.29 is 51.7 Å². The predicted octanol–water partition coefficient (Wildman–Crippen LogP) is 8.19. The number of fused-ring (bicyclic) bond motifs is 2. The molecule has 4 aliphatic heterocycles. The molecule has 0 saturated carbocycles. The van der Waals surface area contributed by atoms with E-state index < -0.39 is 60.8 Å². The number of benzene rings is 4. The van der Waals surface area contributed by atoms with Crippen molar-refractivity contribution in [3.8, 4) is 5.75 Å². The Morgan fingerprint density at radius 2 is 1.60 bits per heavy atom. The summed E-state index contributed by atoms with van der Waals surface area (Å²) in [4.78, 5) is 102. The zero-order chi connectivity index (χ0) is 58.9. The number of morpholine rings is 1. The van der Waals surface area contributed by atoms with Gasteiger partial charge < -0.3 is 29.1 Å². The van der Waals surface area contributed by atoms with Crippen molar-refractivity contribution in [3.05, 3.63) is 135 Å². The molecule has 3 N–H and O–H groups in total. The van der Waals surface area contributed by atoms with Crippen LogP contribution < -0.4 is 25.9 Å². The summed E-state index contributed by atoms with van der Waals surface area (Å²) in [6.07, 6.45) is 3.16. The minimum atomic E-state index is -4.50. The number of carbonyl (C=O) groups is 6. The smallest absolute Gasteiger partial charge is 0.355 e. The number of esters is 1. The number of amides is 5. The summed E-state index contributed by atoms with van der Waals surface area (Å²) in [5.74, 6) is -4.60. The van der Waals surface area contributed by atoms with Gasteiger partial charge in [0.25, 0.3) is 5.91 Å². The minimum Gasteiger partial charge on any atom is -0.468 e. The maximum absolute atomic E-state index is 16.7. The number of aryl methyl sites for hydroxylation is 1. The number of methoxy groups -OCH3 is 1. The Morgan fingerprint density at radius 1 is 0.880 bits per heavy atom. The van der Waals surface area contributed by atoms with E-state index in [1.54, 1.807) is 46.8 Å². The monoisotopic (exact) mass is 1170 g/mol. The lowest BCUT2D eigenvalue weighted by Gasteiger charge is -2.40. The Kier molecular flexibility index (Phi) is 17.6. The molecule has 0 radical (unpaired) electrons. The SMILES string of the molecule is COC(=O)[C@H](C)NP(=O)(Oc1ccccc1)C(F)c1ccc2sc(C(=O)N[C@H](C(=O)N3CC[C@@H](CC4CCN(Cc5ccc6c(c5)n(C)c(=O)n6C5CCC(=O)NC5=O)CC4)[C@H]3C(=O)N3CCO[C@H](c4ccccc4)C3)C(C)(C)C)cc2c1. The molecule has 0 bridgehead atoms. The molecule has 4 aliphatic rings. The highest BCUT2D eigenvalue weighted by Gasteiger charge is 2.49. The van der Waals surface area contributed by atoms with Gasteiger partial charge in [-0.15, -0.1) is 11.3 Å². The lowest BCUT2D eigenvalue weighted by molar-refractivity contribution is -0.152. The number of halogens is 1. The van der Waals surface area contributed by atoms with Gasteiger partial charge in [0.15, 0.2) is 0 Å². The molecule has 3 unspecified atom stereocenters. The number of hydrogen-bond acceptors (Lipinski definition) is 13. The van der Waals surface area contributed by atoms with Crippen LogP contribution in [-0.4, -0.2) is 124 Å². The standard InChI is InChI=1S/C61H72FN8O11PS/c1-37(59(76)79-6)65-82(78,81-44-15-11-8-12-16-44)54(62)42-18-21-49-43(33-42)34-50(83-49)56(73)64-53(61(2,3)4)58(75)69-28-25-41(52(69)57(74)68-29-30-80-48(36-68)40-13-9-7-10-14-40)31-38-23-26-67(27-24-38)35-39-17-19-45-47(32-39)66(5)60(77)70(45)46-20-22-51(71)63-55(46)72/h7-19,21,32-34,37-38,41,46,48,52-54H,20,22-31,35-36H2,1-6H3,(H,64,73)(H,65,78)(H,63,71,72)/t37-,41-,46?,48-,52-,53+,54?,82?/m0/s1. The predicted molar refractivity (Wildman–Crippen MR) is 312 cm³/mol. The zero-order valence-corrected chi connectivity index (χ0v) is 49.3. The minimum absolute atomic E-state index is 0.0142. The molecule has 0 spiro atoms. The second kappa shape index (κ2) is 24.7. The van der Waals surface area contributed by atoms with Crippen LogP contribution in [0.25, 0.3) is 21.1 Å². The van der Waals surface area contributed by atoms with Gasteiger partial charge in [-0.3, -0.25) is 52.7 Å². The van der Waals surface area contributed by atoms with Crippen LogP contribution in [0.15, 0.2) is 108 Å². The fourth-order valence-corrected chi connectivity index (χ4v) is 15.1. The molecule has 83 heavy (non-hydrogen) atoms. The van der Waals surface area contributed by atoms with Gasteiger partial charge in [-0.1, -0.05) is 81.4 Å². The average molecular weight is 1180 g/mol. The first kappa shape index (κ1) is 59.1. The fraction of sp³-hybridized carbons (Fsp3) is 0.459.